The lowest BCUT2D eigenvalue weighted by Crippen LogP contribution is -2.00. The van der Waals surface area contributed by atoms with Gasteiger partial charge in [-0.05, 0) is 18.2 Å². The van der Waals surface area contributed by atoms with E-state index in [0.29, 0.717) is 23.8 Å². The molecule has 0 aliphatic carbocycles. The smallest absolute Gasteiger partial charge is 0.433 e. The van der Waals surface area contributed by atoms with Crippen molar-refractivity contribution < 1.29 is 18.8 Å². The SMILES string of the molecule is COc1ccc(NCc2ccc([N+](=O)[O-])o2)c(OC)c1. The summed E-state index contributed by atoms with van der Waals surface area (Å²) in [5.41, 5.74) is 0.743. The molecule has 0 aliphatic rings. The number of nitrogens with one attached hydrogen (secondary N) is 1. The van der Waals surface area contributed by atoms with Gasteiger partial charge < -0.3 is 19.2 Å². The lowest BCUT2D eigenvalue weighted by atomic mass is 10.2. The van der Waals surface area contributed by atoms with Crippen molar-refractivity contribution in [3.63, 3.8) is 0 Å². The molecule has 0 spiro atoms. The molecule has 0 bridgehead atoms. The third kappa shape index (κ3) is 3.00. The first-order chi connectivity index (χ1) is 9.63. The van der Waals surface area contributed by atoms with E-state index in [2.05, 4.69) is 5.32 Å². The maximum Gasteiger partial charge on any atom is 0.433 e. The fourth-order valence-corrected chi connectivity index (χ4v) is 1.69. The van der Waals surface area contributed by atoms with Crippen LogP contribution < -0.4 is 14.8 Å². The van der Waals surface area contributed by atoms with Gasteiger partial charge in [0.2, 0.25) is 0 Å². The van der Waals surface area contributed by atoms with E-state index in [1.165, 1.54) is 6.07 Å². The van der Waals surface area contributed by atoms with E-state index in [1.54, 1.807) is 38.5 Å². The molecule has 20 heavy (non-hydrogen) atoms. The average molecular weight is 278 g/mol. The maximum atomic E-state index is 10.5. The minimum absolute atomic E-state index is 0.275. The van der Waals surface area contributed by atoms with Crippen LogP contribution in [-0.2, 0) is 6.54 Å². The fraction of sp³-hybridized carbons (Fsp3) is 0.231. The van der Waals surface area contributed by atoms with E-state index in [0.717, 1.165) is 5.69 Å². The maximum absolute atomic E-state index is 10.5. The molecule has 0 saturated heterocycles. The highest BCUT2D eigenvalue weighted by Crippen LogP contribution is 2.29. The zero-order valence-corrected chi connectivity index (χ0v) is 11.1. The number of benzene rings is 1. The molecule has 2 rings (SSSR count). The number of hydrogen-bond acceptors (Lipinski definition) is 6. The molecule has 1 heterocycles. The molecule has 0 fully saturated rings. The van der Waals surface area contributed by atoms with Crippen LogP contribution in [0.3, 0.4) is 0 Å². The van der Waals surface area contributed by atoms with E-state index < -0.39 is 4.92 Å². The van der Waals surface area contributed by atoms with Gasteiger partial charge in [-0.2, -0.15) is 0 Å². The topological polar surface area (TPSA) is 86.8 Å². The average Bonchev–Trinajstić information content (AvgIpc) is 2.94. The second-order valence-corrected chi connectivity index (χ2v) is 3.92. The van der Waals surface area contributed by atoms with E-state index in [1.807, 2.05) is 0 Å². The first-order valence-electron chi connectivity index (χ1n) is 5.83. The van der Waals surface area contributed by atoms with Gasteiger partial charge in [0.15, 0.2) is 0 Å². The largest absolute Gasteiger partial charge is 0.497 e. The Bertz CT molecular complexity index is 609. The molecule has 7 heteroatoms. The summed E-state index contributed by atoms with van der Waals surface area (Å²) in [6.07, 6.45) is 0. The lowest BCUT2D eigenvalue weighted by molar-refractivity contribution is -0.402. The third-order valence-corrected chi connectivity index (χ3v) is 2.69. The van der Waals surface area contributed by atoms with Crippen LogP contribution in [0.1, 0.15) is 5.76 Å². The second-order valence-electron chi connectivity index (χ2n) is 3.92. The quantitative estimate of drug-likeness (QED) is 0.645. The Morgan fingerprint density at radius 1 is 1.25 bits per heavy atom. The van der Waals surface area contributed by atoms with Gasteiger partial charge in [0, 0.05) is 6.07 Å². The van der Waals surface area contributed by atoms with Crippen molar-refractivity contribution in [1.29, 1.82) is 0 Å². The van der Waals surface area contributed by atoms with Crippen LogP contribution in [0, 0.1) is 10.1 Å². The summed E-state index contributed by atoms with van der Waals surface area (Å²) < 4.78 is 15.4. The van der Waals surface area contributed by atoms with Crippen molar-refractivity contribution in [2.75, 3.05) is 19.5 Å². The summed E-state index contributed by atoms with van der Waals surface area (Å²) in [4.78, 5) is 9.95. The number of nitrogens with zero attached hydrogens (tertiary/aromatic N) is 1. The van der Waals surface area contributed by atoms with Gasteiger partial charge >= 0.3 is 5.88 Å². The van der Waals surface area contributed by atoms with Crippen LogP contribution >= 0.6 is 0 Å². The predicted molar refractivity (Wildman–Crippen MR) is 72.2 cm³/mol. The Kier molecular flexibility index (Phi) is 4.09. The van der Waals surface area contributed by atoms with Crippen molar-refractivity contribution in [3.8, 4) is 11.5 Å². The van der Waals surface area contributed by atoms with Gasteiger partial charge in [0.25, 0.3) is 0 Å². The van der Waals surface area contributed by atoms with Crippen LogP contribution in [0.25, 0.3) is 0 Å². The summed E-state index contributed by atoms with van der Waals surface area (Å²) in [5.74, 6) is 1.49. The molecule has 1 N–H and O–H groups in total. The zero-order chi connectivity index (χ0) is 14.5. The number of hydrogen-bond donors (Lipinski definition) is 1. The molecule has 0 amide bonds. The van der Waals surface area contributed by atoms with Crippen LogP contribution in [-0.4, -0.2) is 19.1 Å². The van der Waals surface area contributed by atoms with Gasteiger partial charge in [-0.3, -0.25) is 10.1 Å². The second kappa shape index (κ2) is 5.96. The van der Waals surface area contributed by atoms with Gasteiger partial charge in [-0.15, -0.1) is 0 Å². The van der Waals surface area contributed by atoms with Crippen LogP contribution in [0.15, 0.2) is 34.7 Å². The first kappa shape index (κ1) is 13.7. The molecule has 7 nitrogen and oxygen atoms in total. The number of anilines is 1. The summed E-state index contributed by atoms with van der Waals surface area (Å²) in [6, 6.07) is 8.21. The first-order valence-corrected chi connectivity index (χ1v) is 5.83. The van der Waals surface area contributed by atoms with E-state index >= 15 is 0 Å². The number of methoxy groups -OCH3 is 2. The Morgan fingerprint density at radius 2 is 2.05 bits per heavy atom. The Morgan fingerprint density at radius 3 is 2.65 bits per heavy atom. The summed E-state index contributed by atoms with van der Waals surface area (Å²) >= 11 is 0. The normalized spacial score (nSPS) is 10.1. The van der Waals surface area contributed by atoms with Crippen LogP contribution in [0.2, 0.25) is 0 Å². The molecular weight excluding hydrogens is 264 g/mol. The summed E-state index contributed by atoms with van der Waals surface area (Å²) in [5, 5.41) is 13.6. The molecule has 106 valence electrons. The lowest BCUT2D eigenvalue weighted by Gasteiger charge is -2.11. The Hall–Kier alpha value is -2.70. The summed E-state index contributed by atoms with van der Waals surface area (Å²) in [7, 11) is 3.13. The zero-order valence-electron chi connectivity index (χ0n) is 11.1. The molecule has 0 unspecified atom stereocenters. The standard InChI is InChI=1S/C13H14N2O5/c1-18-9-3-5-11(12(7-9)19-2)14-8-10-4-6-13(20-10)15(16)17/h3-7,14H,8H2,1-2H3. The molecule has 0 saturated carbocycles. The van der Waals surface area contributed by atoms with Crippen LogP contribution in [0.4, 0.5) is 11.6 Å². The van der Waals surface area contributed by atoms with E-state index in [9.17, 15) is 10.1 Å². The number of furan rings is 1. The Labute approximate surface area is 115 Å². The molecule has 1 aromatic carbocycles. The van der Waals surface area contributed by atoms with E-state index in [-0.39, 0.29) is 5.88 Å². The third-order valence-electron chi connectivity index (χ3n) is 2.69. The Balaban J connectivity index is 2.07. The van der Waals surface area contributed by atoms with Crippen LogP contribution in [0.5, 0.6) is 11.5 Å². The highest BCUT2D eigenvalue weighted by molar-refractivity contribution is 5.59. The van der Waals surface area contributed by atoms with Gasteiger partial charge in [-0.1, -0.05) is 0 Å². The van der Waals surface area contributed by atoms with Crippen molar-refractivity contribution >= 4 is 11.6 Å². The molecule has 1 aromatic heterocycles. The van der Waals surface area contributed by atoms with Crippen molar-refractivity contribution in [2.24, 2.45) is 0 Å². The van der Waals surface area contributed by atoms with E-state index in [4.69, 9.17) is 13.9 Å². The predicted octanol–water partition coefficient (Wildman–Crippen LogP) is 2.82. The number of nitro groups is 1. The number of ether oxygens (including phenoxy) is 2. The van der Waals surface area contributed by atoms with Gasteiger partial charge in [0.05, 0.1) is 32.5 Å². The molecule has 0 aliphatic heterocycles. The van der Waals surface area contributed by atoms with Crippen molar-refractivity contribution in [2.45, 2.75) is 6.54 Å². The monoisotopic (exact) mass is 278 g/mol. The molecule has 0 radical (unpaired) electrons. The minimum atomic E-state index is -0.572. The highest BCUT2D eigenvalue weighted by Gasteiger charge is 2.12. The fourth-order valence-electron chi connectivity index (χ4n) is 1.69. The van der Waals surface area contributed by atoms with Gasteiger partial charge in [0.1, 0.15) is 22.2 Å². The molecule has 0 atom stereocenters. The molecular formula is C13H14N2O5. The van der Waals surface area contributed by atoms with Crippen molar-refractivity contribution in [3.05, 3.63) is 46.2 Å². The van der Waals surface area contributed by atoms with Gasteiger partial charge in [-0.25, -0.2) is 0 Å². The van der Waals surface area contributed by atoms with Crippen molar-refractivity contribution in [1.82, 2.24) is 0 Å². The summed E-state index contributed by atoms with van der Waals surface area (Å²) in [6.45, 7) is 0.316. The number of rotatable bonds is 6. The highest BCUT2D eigenvalue weighted by atomic mass is 16.6. The molecule has 2 aromatic rings. The minimum Gasteiger partial charge on any atom is -0.497 e.